The van der Waals surface area contributed by atoms with Crippen LogP contribution in [0.3, 0.4) is 0 Å². The van der Waals surface area contributed by atoms with Crippen LogP contribution < -0.4 is 10.1 Å². The van der Waals surface area contributed by atoms with E-state index in [1.54, 1.807) is 45.2 Å². The van der Waals surface area contributed by atoms with Crippen LogP contribution in [0.15, 0.2) is 36.4 Å². The van der Waals surface area contributed by atoms with Crippen LogP contribution in [0.4, 0.5) is 11.5 Å². The molecule has 3 aromatic rings. The van der Waals surface area contributed by atoms with Gasteiger partial charge < -0.3 is 15.2 Å². The molecule has 0 atom stereocenters. The normalized spacial score (nSPS) is 10.8. The zero-order chi connectivity index (χ0) is 21.0. The standard InChI is InChI=1S/C22H19ClN4O2/c1-22(2,28)10-9-19-16-7-6-15(24-3)12-17(16)21(27-26-19)25-13-14-5-8-20(29-4)18(23)11-14/h5-8,11-12,28H,13H2,1-2,4H3,(H,25,27). The maximum Gasteiger partial charge on any atom is 0.188 e. The topological polar surface area (TPSA) is 71.6 Å². The Morgan fingerprint density at radius 1 is 1.21 bits per heavy atom. The van der Waals surface area contributed by atoms with Crippen LogP contribution in [0.25, 0.3) is 15.6 Å². The fraction of sp³-hybridized carbons (Fsp3) is 0.227. The number of halogens is 1. The van der Waals surface area contributed by atoms with E-state index in [9.17, 15) is 5.11 Å². The second kappa shape index (κ2) is 8.36. The number of benzene rings is 2. The summed E-state index contributed by atoms with van der Waals surface area (Å²) in [6, 6.07) is 10.8. The Hall–Kier alpha value is -3.32. The van der Waals surface area contributed by atoms with Crippen LogP contribution >= 0.6 is 11.6 Å². The third-order valence-electron chi connectivity index (χ3n) is 4.06. The van der Waals surface area contributed by atoms with Crippen LogP contribution in [0.1, 0.15) is 25.1 Å². The highest BCUT2D eigenvalue weighted by atomic mass is 35.5. The number of fused-ring (bicyclic) bond motifs is 1. The molecule has 0 spiro atoms. The summed E-state index contributed by atoms with van der Waals surface area (Å²) in [6.07, 6.45) is 0. The van der Waals surface area contributed by atoms with Gasteiger partial charge in [0.1, 0.15) is 17.0 Å². The molecular weight excluding hydrogens is 388 g/mol. The number of ether oxygens (including phenoxy) is 1. The van der Waals surface area contributed by atoms with Crippen molar-refractivity contribution in [3.63, 3.8) is 0 Å². The van der Waals surface area contributed by atoms with Crippen LogP contribution in [0.2, 0.25) is 5.02 Å². The fourth-order valence-electron chi connectivity index (χ4n) is 2.65. The van der Waals surface area contributed by atoms with Crippen molar-refractivity contribution in [2.45, 2.75) is 26.0 Å². The molecule has 2 aromatic carbocycles. The van der Waals surface area contributed by atoms with Gasteiger partial charge in [-0.25, -0.2) is 4.85 Å². The zero-order valence-corrected chi connectivity index (χ0v) is 17.0. The number of aliphatic hydroxyl groups is 1. The van der Waals surface area contributed by atoms with Crippen molar-refractivity contribution >= 4 is 33.9 Å². The molecule has 0 unspecified atom stereocenters. The molecule has 2 N–H and O–H groups in total. The molecule has 146 valence electrons. The number of nitrogens with zero attached hydrogens (tertiary/aromatic N) is 3. The van der Waals surface area contributed by atoms with Gasteiger partial charge in [0, 0.05) is 17.3 Å². The third-order valence-corrected chi connectivity index (χ3v) is 4.35. The van der Waals surface area contributed by atoms with Crippen LogP contribution in [-0.4, -0.2) is 28.0 Å². The summed E-state index contributed by atoms with van der Waals surface area (Å²) in [6.45, 7) is 10.9. The average molecular weight is 407 g/mol. The van der Waals surface area contributed by atoms with Crippen LogP contribution in [0, 0.1) is 18.4 Å². The summed E-state index contributed by atoms with van der Waals surface area (Å²) < 4.78 is 5.17. The largest absolute Gasteiger partial charge is 0.495 e. The maximum atomic E-state index is 9.86. The SMILES string of the molecule is [C-]#[N+]c1ccc2c(C#CC(C)(C)O)nnc(NCc3ccc(OC)c(Cl)c3)c2c1. The van der Waals surface area contributed by atoms with E-state index in [0.717, 1.165) is 16.3 Å². The minimum atomic E-state index is -1.14. The van der Waals surface area contributed by atoms with Crippen molar-refractivity contribution in [2.75, 3.05) is 12.4 Å². The molecule has 3 rings (SSSR count). The van der Waals surface area contributed by atoms with Crippen molar-refractivity contribution in [3.05, 3.63) is 64.1 Å². The Morgan fingerprint density at radius 2 is 2.00 bits per heavy atom. The van der Waals surface area contributed by atoms with Gasteiger partial charge in [-0.05, 0) is 43.5 Å². The van der Waals surface area contributed by atoms with E-state index in [0.29, 0.717) is 34.5 Å². The zero-order valence-electron chi connectivity index (χ0n) is 16.2. The Morgan fingerprint density at radius 3 is 2.66 bits per heavy atom. The first-order valence-corrected chi connectivity index (χ1v) is 9.18. The monoisotopic (exact) mass is 406 g/mol. The lowest BCUT2D eigenvalue weighted by atomic mass is 10.1. The molecule has 0 radical (unpaired) electrons. The summed E-state index contributed by atoms with van der Waals surface area (Å²) in [5.41, 5.74) is 0.728. The molecule has 1 aromatic heterocycles. The predicted octanol–water partition coefficient (Wildman–Crippen LogP) is 4.58. The number of anilines is 1. The van der Waals surface area contributed by atoms with Gasteiger partial charge >= 0.3 is 0 Å². The summed E-state index contributed by atoms with van der Waals surface area (Å²) in [7, 11) is 1.57. The molecule has 0 saturated heterocycles. The van der Waals surface area contributed by atoms with Crippen molar-refractivity contribution in [2.24, 2.45) is 0 Å². The number of hydrogen-bond donors (Lipinski definition) is 2. The highest BCUT2D eigenvalue weighted by Gasteiger charge is 2.11. The van der Waals surface area contributed by atoms with Crippen molar-refractivity contribution in [1.82, 2.24) is 10.2 Å². The Labute approximate surface area is 174 Å². The lowest BCUT2D eigenvalue weighted by Gasteiger charge is -2.11. The Kier molecular flexibility index (Phi) is 5.89. The number of aromatic nitrogens is 2. The van der Waals surface area contributed by atoms with Gasteiger partial charge in [0.05, 0.1) is 18.7 Å². The number of methoxy groups -OCH3 is 1. The van der Waals surface area contributed by atoms with E-state index >= 15 is 0 Å². The molecule has 0 saturated carbocycles. The van der Waals surface area contributed by atoms with Crippen LogP contribution in [0.5, 0.6) is 5.75 Å². The van der Waals surface area contributed by atoms with Gasteiger partial charge in [-0.1, -0.05) is 35.7 Å². The number of hydrogen-bond acceptors (Lipinski definition) is 5. The van der Waals surface area contributed by atoms with Gasteiger partial charge in [-0.3, -0.25) is 0 Å². The van der Waals surface area contributed by atoms with Crippen molar-refractivity contribution < 1.29 is 9.84 Å². The lowest BCUT2D eigenvalue weighted by molar-refractivity contribution is 0.143. The number of nitrogens with one attached hydrogen (secondary N) is 1. The molecule has 0 aliphatic heterocycles. The van der Waals surface area contributed by atoms with E-state index in [-0.39, 0.29) is 0 Å². The summed E-state index contributed by atoms with van der Waals surface area (Å²) >= 11 is 6.19. The number of rotatable bonds is 4. The van der Waals surface area contributed by atoms with Gasteiger partial charge in [-0.15, -0.1) is 10.2 Å². The molecule has 0 aliphatic rings. The summed E-state index contributed by atoms with van der Waals surface area (Å²) in [5, 5.41) is 23.6. The third kappa shape index (κ3) is 4.94. The molecule has 0 amide bonds. The maximum absolute atomic E-state index is 9.86. The van der Waals surface area contributed by atoms with Crippen molar-refractivity contribution in [1.29, 1.82) is 0 Å². The fourth-order valence-corrected chi connectivity index (χ4v) is 2.93. The quantitative estimate of drug-likeness (QED) is 0.490. The van der Waals surface area contributed by atoms with E-state index < -0.39 is 5.60 Å². The van der Waals surface area contributed by atoms with Gasteiger partial charge in [0.25, 0.3) is 0 Å². The smallest absolute Gasteiger partial charge is 0.188 e. The first-order chi connectivity index (χ1) is 13.8. The molecule has 6 nitrogen and oxygen atoms in total. The molecule has 0 bridgehead atoms. The molecule has 29 heavy (non-hydrogen) atoms. The Balaban J connectivity index is 1.98. The molecule has 7 heteroatoms. The molecule has 1 heterocycles. The van der Waals surface area contributed by atoms with E-state index in [4.69, 9.17) is 22.9 Å². The summed E-state index contributed by atoms with van der Waals surface area (Å²) in [4.78, 5) is 3.49. The van der Waals surface area contributed by atoms with Gasteiger partial charge in [0.2, 0.25) is 0 Å². The average Bonchev–Trinajstić information content (AvgIpc) is 2.70. The second-order valence-electron chi connectivity index (χ2n) is 6.87. The second-order valence-corrected chi connectivity index (χ2v) is 7.28. The molecule has 0 fully saturated rings. The van der Waals surface area contributed by atoms with Gasteiger partial charge in [0.15, 0.2) is 11.5 Å². The van der Waals surface area contributed by atoms with Crippen LogP contribution in [-0.2, 0) is 6.54 Å². The van der Waals surface area contributed by atoms with E-state index in [1.165, 1.54) is 0 Å². The first kappa shape index (κ1) is 20.4. The highest BCUT2D eigenvalue weighted by molar-refractivity contribution is 6.32. The lowest BCUT2D eigenvalue weighted by Crippen LogP contribution is -2.14. The molecular formula is C22H19ClN4O2. The molecule has 0 aliphatic carbocycles. The highest BCUT2D eigenvalue weighted by Crippen LogP contribution is 2.29. The minimum Gasteiger partial charge on any atom is -0.495 e. The Bertz CT molecular complexity index is 1170. The van der Waals surface area contributed by atoms with Gasteiger partial charge in [-0.2, -0.15) is 0 Å². The van der Waals surface area contributed by atoms with Crippen molar-refractivity contribution in [3.8, 4) is 17.6 Å². The first-order valence-electron chi connectivity index (χ1n) is 8.80. The van der Waals surface area contributed by atoms with E-state index in [1.807, 2.05) is 12.1 Å². The predicted molar refractivity (Wildman–Crippen MR) is 114 cm³/mol. The minimum absolute atomic E-state index is 0.441. The summed E-state index contributed by atoms with van der Waals surface area (Å²) in [5.74, 6) is 6.77. The van der Waals surface area contributed by atoms with E-state index in [2.05, 4.69) is 32.2 Å².